The van der Waals surface area contributed by atoms with Crippen LogP contribution in [0.15, 0.2) is 36.4 Å². The number of carbonyl (C=O) groups is 2. The average Bonchev–Trinajstić information content (AvgIpc) is 2.97. The first-order valence-corrected chi connectivity index (χ1v) is 8.34. The second-order valence-corrected chi connectivity index (χ2v) is 6.52. The van der Waals surface area contributed by atoms with E-state index in [4.69, 9.17) is 11.6 Å². The van der Waals surface area contributed by atoms with Crippen molar-refractivity contribution >= 4 is 40.1 Å². The van der Waals surface area contributed by atoms with E-state index in [1.165, 1.54) is 4.90 Å². The van der Waals surface area contributed by atoms with Gasteiger partial charge in [-0.25, -0.2) is 4.68 Å². The van der Waals surface area contributed by atoms with Crippen molar-refractivity contribution in [1.29, 1.82) is 0 Å². The molecule has 0 fully saturated rings. The molecule has 3 aromatic rings. The molecule has 0 atom stereocenters. The molecule has 1 N–H and O–H groups in total. The molecule has 1 heterocycles. The van der Waals surface area contributed by atoms with Gasteiger partial charge in [0.2, 0.25) is 5.91 Å². The van der Waals surface area contributed by atoms with Crippen molar-refractivity contribution in [2.45, 2.75) is 6.92 Å². The number of rotatable bonds is 4. The molecule has 0 aliphatic carbocycles. The molecule has 8 heteroatoms. The lowest BCUT2D eigenvalue weighted by Gasteiger charge is -2.17. The summed E-state index contributed by atoms with van der Waals surface area (Å²) >= 11 is 6.12. The molecule has 0 spiro atoms. The van der Waals surface area contributed by atoms with Crippen LogP contribution in [-0.2, 0) is 11.8 Å². The first-order valence-electron chi connectivity index (χ1n) is 7.96. The molecule has 0 bridgehead atoms. The van der Waals surface area contributed by atoms with Gasteiger partial charge in [-0.2, -0.15) is 0 Å². The maximum Gasteiger partial charge on any atom is 0.254 e. The molecule has 2 amide bonds. The van der Waals surface area contributed by atoms with Crippen LogP contribution in [0.25, 0.3) is 11.0 Å². The van der Waals surface area contributed by atoms with E-state index in [9.17, 15) is 9.59 Å². The second-order valence-electron chi connectivity index (χ2n) is 6.11. The highest BCUT2D eigenvalue weighted by Gasteiger charge is 2.17. The Bertz CT molecular complexity index is 998. The van der Waals surface area contributed by atoms with Crippen molar-refractivity contribution in [3.63, 3.8) is 0 Å². The van der Waals surface area contributed by atoms with Crippen molar-refractivity contribution in [2.75, 3.05) is 18.9 Å². The van der Waals surface area contributed by atoms with Crippen LogP contribution in [0.1, 0.15) is 15.9 Å². The topological polar surface area (TPSA) is 80.1 Å². The van der Waals surface area contributed by atoms with E-state index in [0.29, 0.717) is 21.8 Å². The van der Waals surface area contributed by atoms with E-state index in [2.05, 4.69) is 15.6 Å². The third kappa shape index (κ3) is 3.67. The van der Waals surface area contributed by atoms with Gasteiger partial charge in [0.05, 0.1) is 22.8 Å². The third-order valence-electron chi connectivity index (χ3n) is 3.98. The summed E-state index contributed by atoms with van der Waals surface area (Å²) in [6.45, 7) is 1.82. The zero-order valence-corrected chi connectivity index (χ0v) is 15.4. The van der Waals surface area contributed by atoms with Crippen LogP contribution in [0.2, 0.25) is 5.02 Å². The van der Waals surface area contributed by atoms with E-state index in [0.717, 1.165) is 11.1 Å². The smallest absolute Gasteiger partial charge is 0.254 e. The Morgan fingerprint density at radius 1 is 1.23 bits per heavy atom. The fraction of sp³-hybridized carbons (Fsp3) is 0.222. The van der Waals surface area contributed by atoms with Crippen LogP contribution in [0.4, 0.5) is 5.69 Å². The summed E-state index contributed by atoms with van der Waals surface area (Å²) < 4.78 is 1.63. The van der Waals surface area contributed by atoms with E-state index >= 15 is 0 Å². The van der Waals surface area contributed by atoms with Gasteiger partial charge in [0.15, 0.2) is 0 Å². The van der Waals surface area contributed by atoms with Gasteiger partial charge in [-0.3, -0.25) is 9.59 Å². The molecule has 0 aliphatic rings. The number of anilines is 1. The van der Waals surface area contributed by atoms with Gasteiger partial charge in [-0.15, -0.1) is 5.10 Å². The highest BCUT2D eigenvalue weighted by molar-refractivity contribution is 6.33. The summed E-state index contributed by atoms with van der Waals surface area (Å²) in [6, 6.07) is 10.5. The number of fused-ring (bicyclic) bond motifs is 1. The molecule has 26 heavy (non-hydrogen) atoms. The lowest BCUT2D eigenvalue weighted by Crippen LogP contribution is -2.35. The predicted octanol–water partition coefficient (Wildman–Crippen LogP) is 2.64. The number of carbonyl (C=O) groups excluding carboxylic acids is 2. The number of hydrogen-bond acceptors (Lipinski definition) is 4. The number of benzene rings is 2. The number of hydrogen-bond donors (Lipinski definition) is 1. The first kappa shape index (κ1) is 17.9. The van der Waals surface area contributed by atoms with Crippen LogP contribution < -0.4 is 5.32 Å². The zero-order chi connectivity index (χ0) is 18.8. The number of halogens is 1. The van der Waals surface area contributed by atoms with Gasteiger partial charge >= 0.3 is 0 Å². The van der Waals surface area contributed by atoms with Crippen molar-refractivity contribution in [1.82, 2.24) is 19.9 Å². The Hall–Kier alpha value is -2.93. The fourth-order valence-corrected chi connectivity index (χ4v) is 2.87. The summed E-state index contributed by atoms with van der Waals surface area (Å²) in [6.07, 6.45) is 0. The van der Waals surface area contributed by atoms with Gasteiger partial charge in [0, 0.05) is 19.7 Å². The van der Waals surface area contributed by atoms with Gasteiger partial charge in [0.25, 0.3) is 5.91 Å². The predicted molar refractivity (Wildman–Crippen MR) is 100 cm³/mol. The SMILES string of the molecule is Cc1ccc(NC(=O)CN(C)C(=O)c2ccc3c(c2)nnn3C)c(Cl)c1. The Labute approximate surface area is 155 Å². The van der Waals surface area contributed by atoms with Gasteiger partial charge in [-0.05, 0) is 42.8 Å². The Morgan fingerprint density at radius 3 is 2.73 bits per heavy atom. The highest BCUT2D eigenvalue weighted by Crippen LogP contribution is 2.22. The summed E-state index contributed by atoms with van der Waals surface area (Å²) in [5.41, 5.74) is 3.42. The number of aryl methyl sites for hydroxylation is 2. The van der Waals surface area contributed by atoms with E-state index < -0.39 is 0 Å². The van der Waals surface area contributed by atoms with Crippen LogP contribution in [0.3, 0.4) is 0 Å². The minimum Gasteiger partial charge on any atom is -0.332 e. The maximum absolute atomic E-state index is 12.6. The Morgan fingerprint density at radius 2 is 2.00 bits per heavy atom. The van der Waals surface area contributed by atoms with Gasteiger partial charge < -0.3 is 10.2 Å². The molecule has 0 saturated heterocycles. The molecule has 0 aliphatic heterocycles. The van der Waals surface area contributed by atoms with Gasteiger partial charge in [0.1, 0.15) is 5.52 Å². The Balaban J connectivity index is 1.68. The number of nitrogens with zero attached hydrogens (tertiary/aromatic N) is 4. The van der Waals surface area contributed by atoms with Crippen molar-refractivity contribution in [3.05, 3.63) is 52.5 Å². The van der Waals surface area contributed by atoms with Crippen molar-refractivity contribution in [3.8, 4) is 0 Å². The molecule has 0 radical (unpaired) electrons. The normalized spacial score (nSPS) is 10.8. The fourth-order valence-electron chi connectivity index (χ4n) is 2.59. The summed E-state index contributed by atoms with van der Waals surface area (Å²) in [5, 5.41) is 11.1. The summed E-state index contributed by atoms with van der Waals surface area (Å²) in [5.74, 6) is -0.602. The van der Waals surface area contributed by atoms with Crippen molar-refractivity contribution < 1.29 is 9.59 Å². The number of aromatic nitrogens is 3. The molecule has 134 valence electrons. The van der Waals surface area contributed by atoms with E-state index in [1.54, 1.807) is 49.1 Å². The molecule has 0 saturated carbocycles. The van der Waals surface area contributed by atoms with Crippen LogP contribution in [-0.4, -0.2) is 45.3 Å². The standard InChI is InChI=1S/C18H18ClN5O2/c1-11-4-6-14(13(19)8-11)20-17(25)10-23(2)18(26)12-5-7-16-15(9-12)21-22-24(16)3/h4-9H,10H2,1-3H3,(H,20,25). The molecule has 1 aromatic heterocycles. The average molecular weight is 372 g/mol. The molecule has 3 rings (SSSR count). The number of amides is 2. The minimum atomic E-state index is -0.327. The number of nitrogens with one attached hydrogen (secondary N) is 1. The Kier molecular flexibility index (Phi) is 4.90. The second kappa shape index (κ2) is 7.13. The molecule has 0 unspecified atom stereocenters. The summed E-state index contributed by atoms with van der Waals surface area (Å²) in [7, 11) is 3.35. The summed E-state index contributed by atoms with van der Waals surface area (Å²) in [4.78, 5) is 26.1. The zero-order valence-electron chi connectivity index (χ0n) is 14.7. The minimum absolute atomic E-state index is 0.0957. The molecular formula is C18H18ClN5O2. The largest absolute Gasteiger partial charge is 0.332 e. The highest BCUT2D eigenvalue weighted by atomic mass is 35.5. The molecular weight excluding hydrogens is 354 g/mol. The van der Waals surface area contributed by atoms with Crippen LogP contribution >= 0.6 is 11.6 Å². The molecule has 2 aromatic carbocycles. The van der Waals surface area contributed by atoms with Crippen LogP contribution in [0.5, 0.6) is 0 Å². The lowest BCUT2D eigenvalue weighted by molar-refractivity contribution is -0.116. The lowest BCUT2D eigenvalue weighted by atomic mass is 10.1. The maximum atomic E-state index is 12.6. The molecule has 7 nitrogen and oxygen atoms in total. The van der Waals surface area contributed by atoms with Crippen molar-refractivity contribution in [2.24, 2.45) is 7.05 Å². The first-order chi connectivity index (χ1) is 12.3. The quantitative estimate of drug-likeness (QED) is 0.764. The monoisotopic (exact) mass is 371 g/mol. The van der Waals surface area contributed by atoms with Crippen LogP contribution in [0, 0.1) is 6.92 Å². The number of likely N-dealkylation sites (N-methyl/N-ethyl adjacent to an activating group) is 1. The van der Waals surface area contributed by atoms with E-state index in [1.807, 2.05) is 13.0 Å². The van der Waals surface area contributed by atoms with Gasteiger partial charge in [-0.1, -0.05) is 22.9 Å². The third-order valence-corrected chi connectivity index (χ3v) is 4.30. The van der Waals surface area contributed by atoms with E-state index in [-0.39, 0.29) is 18.4 Å².